The summed E-state index contributed by atoms with van der Waals surface area (Å²) in [7, 11) is 0. The Bertz CT molecular complexity index is 1300. The normalized spacial score (nSPS) is 14.9. The summed E-state index contributed by atoms with van der Waals surface area (Å²) in [5.74, 6) is 5.27. The van der Waals surface area contributed by atoms with Gasteiger partial charge < -0.3 is 15.9 Å². The summed E-state index contributed by atoms with van der Waals surface area (Å²) >= 11 is 7.09. The summed E-state index contributed by atoms with van der Waals surface area (Å²) in [5.41, 5.74) is 2.72. The molecule has 1 amide bonds. The number of benzene rings is 1. The van der Waals surface area contributed by atoms with Gasteiger partial charge in [-0.2, -0.15) is 5.10 Å². The van der Waals surface area contributed by atoms with Crippen LogP contribution >= 0.6 is 22.9 Å². The first-order chi connectivity index (χ1) is 17.0. The number of morpholine rings is 1. The van der Waals surface area contributed by atoms with Crippen LogP contribution in [0.3, 0.4) is 0 Å². The van der Waals surface area contributed by atoms with Gasteiger partial charge in [0.15, 0.2) is 0 Å². The fourth-order valence-corrected chi connectivity index (χ4v) is 4.54. The maximum atomic E-state index is 12.3. The number of nitrogens with zero attached hydrogens (tertiary/aromatic N) is 4. The highest BCUT2D eigenvalue weighted by atomic mass is 35.5. The summed E-state index contributed by atoms with van der Waals surface area (Å²) in [6.07, 6.45) is 3.27. The number of hydrazone groups is 1. The Hall–Kier alpha value is -3.31. The van der Waals surface area contributed by atoms with E-state index in [1.165, 1.54) is 23.6 Å². The van der Waals surface area contributed by atoms with Crippen molar-refractivity contribution in [2.24, 2.45) is 15.9 Å². The third-order valence-electron chi connectivity index (χ3n) is 5.41. The first-order valence-corrected chi connectivity index (χ1v) is 12.2. The van der Waals surface area contributed by atoms with Gasteiger partial charge in [0.25, 0.3) is 11.5 Å². The predicted octanol–water partition coefficient (Wildman–Crippen LogP) is 2.83. The molecule has 0 saturated carbocycles. The molecule has 1 aromatic carbocycles. The number of hydrogen-bond acceptors (Lipinski definition) is 8. The lowest BCUT2D eigenvalue weighted by Gasteiger charge is -2.27. The number of thiophene rings is 1. The number of aliphatic imine (C=N–C) groups is 1. The van der Waals surface area contributed by atoms with Crippen LogP contribution in [-0.4, -0.2) is 60.1 Å². The fourth-order valence-electron chi connectivity index (χ4n) is 3.58. The number of nitrogens with one attached hydrogen (secondary N) is 1. The van der Waals surface area contributed by atoms with Crippen molar-refractivity contribution in [2.75, 3.05) is 32.8 Å². The number of carbonyl (C=O) groups is 1. The van der Waals surface area contributed by atoms with Gasteiger partial charge in [0.05, 0.1) is 46.6 Å². The lowest BCUT2D eigenvalue weighted by atomic mass is 10.1. The molecule has 3 N–H and O–H groups in total. The average molecular weight is 513 g/mol. The summed E-state index contributed by atoms with van der Waals surface area (Å²) in [4.78, 5) is 32.0. The quantitative estimate of drug-likeness (QED) is 0.273. The van der Waals surface area contributed by atoms with Gasteiger partial charge in [-0.25, -0.2) is 0 Å². The highest BCUT2D eigenvalue weighted by molar-refractivity contribution is 7.18. The highest BCUT2D eigenvalue weighted by Crippen LogP contribution is 2.24. The van der Waals surface area contributed by atoms with Gasteiger partial charge in [0.2, 0.25) is 0 Å². The van der Waals surface area contributed by atoms with E-state index in [2.05, 4.69) is 20.3 Å². The van der Waals surface area contributed by atoms with E-state index in [1.807, 2.05) is 24.3 Å². The third-order valence-corrected chi connectivity index (χ3v) is 6.64. The Labute approximate surface area is 211 Å². The van der Waals surface area contributed by atoms with E-state index in [9.17, 15) is 9.59 Å². The molecule has 35 heavy (non-hydrogen) atoms. The maximum Gasteiger partial charge on any atom is 0.261 e. The standard InChI is InChI=1S/C24H25ClN6O3S/c25-22-7-6-21(35-22)24(33)28-15-18(29-26)14-27-20-5-4-19(31-8-2-1-3-23(31)32)13-17(20)16-30-9-11-34-12-10-30/h1-8,13-14H,9-12,15-16,26H2,(H,28,33). The van der Waals surface area contributed by atoms with Crippen LogP contribution in [0, 0.1) is 0 Å². The highest BCUT2D eigenvalue weighted by Gasteiger charge is 2.14. The minimum atomic E-state index is -0.262. The van der Waals surface area contributed by atoms with Crippen LogP contribution in [0.1, 0.15) is 15.2 Å². The SMILES string of the molecule is NN=C(C=Nc1ccc(-n2ccccc2=O)cc1CN1CCOCC1)CNC(=O)c1ccc(Cl)s1. The van der Waals surface area contributed by atoms with Gasteiger partial charge >= 0.3 is 0 Å². The number of rotatable bonds is 8. The molecule has 0 spiro atoms. The lowest BCUT2D eigenvalue weighted by Crippen LogP contribution is -2.35. The van der Waals surface area contributed by atoms with E-state index < -0.39 is 0 Å². The minimum Gasteiger partial charge on any atom is -0.379 e. The second-order valence-corrected chi connectivity index (χ2v) is 9.49. The van der Waals surface area contributed by atoms with Crippen molar-refractivity contribution in [1.82, 2.24) is 14.8 Å². The molecule has 0 unspecified atom stereocenters. The monoisotopic (exact) mass is 512 g/mol. The van der Waals surface area contributed by atoms with E-state index in [-0.39, 0.29) is 18.0 Å². The molecule has 182 valence electrons. The summed E-state index contributed by atoms with van der Waals surface area (Å²) in [6, 6.07) is 14.1. The van der Waals surface area contributed by atoms with E-state index in [4.69, 9.17) is 22.2 Å². The number of amides is 1. The second kappa shape index (κ2) is 11.9. The van der Waals surface area contributed by atoms with E-state index >= 15 is 0 Å². The molecule has 11 heteroatoms. The molecule has 1 aliphatic rings. The molecule has 3 heterocycles. The van der Waals surface area contributed by atoms with Crippen molar-refractivity contribution in [2.45, 2.75) is 6.54 Å². The molecule has 9 nitrogen and oxygen atoms in total. The van der Waals surface area contributed by atoms with E-state index in [1.54, 1.807) is 29.0 Å². The topological polar surface area (TPSA) is 114 Å². The van der Waals surface area contributed by atoms with Crippen LogP contribution in [0.2, 0.25) is 4.34 Å². The zero-order chi connectivity index (χ0) is 24.6. The van der Waals surface area contributed by atoms with Crippen molar-refractivity contribution in [3.8, 4) is 5.69 Å². The van der Waals surface area contributed by atoms with Crippen molar-refractivity contribution < 1.29 is 9.53 Å². The molecular formula is C24H25ClN6O3S. The van der Waals surface area contributed by atoms with Gasteiger partial charge in [0.1, 0.15) is 0 Å². The summed E-state index contributed by atoms with van der Waals surface area (Å²) in [6.45, 7) is 3.74. The van der Waals surface area contributed by atoms with Crippen LogP contribution in [0.15, 0.2) is 69.6 Å². The fraction of sp³-hybridized carbons (Fsp3) is 0.250. The molecule has 0 atom stereocenters. The number of ether oxygens (including phenoxy) is 1. The van der Waals surface area contributed by atoms with Gasteiger partial charge in [-0.15, -0.1) is 11.3 Å². The van der Waals surface area contributed by atoms with Crippen LogP contribution in [0.5, 0.6) is 0 Å². The van der Waals surface area contributed by atoms with Crippen LogP contribution < -0.4 is 16.7 Å². The van der Waals surface area contributed by atoms with E-state index in [0.717, 1.165) is 30.0 Å². The zero-order valence-corrected chi connectivity index (χ0v) is 20.5. The molecule has 0 radical (unpaired) electrons. The second-order valence-electron chi connectivity index (χ2n) is 7.78. The smallest absolute Gasteiger partial charge is 0.261 e. The zero-order valence-electron chi connectivity index (χ0n) is 18.9. The van der Waals surface area contributed by atoms with Crippen LogP contribution in [-0.2, 0) is 11.3 Å². The van der Waals surface area contributed by atoms with Crippen molar-refractivity contribution in [1.29, 1.82) is 0 Å². The molecule has 1 aliphatic heterocycles. The number of carbonyl (C=O) groups excluding carboxylic acids is 1. The van der Waals surface area contributed by atoms with Gasteiger partial charge in [-0.1, -0.05) is 17.7 Å². The summed E-state index contributed by atoms with van der Waals surface area (Å²) in [5, 5.41) is 6.52. The first kappa shape index (κ1) is 24.8. The molecule has 0 bridgehead atoms. The van der Waals surface area contributed by atoms with Crippen molar-refractivity contribution in [3.05, 3.63) is 79.9 Å². The van der Waals surface area contributed by atoms with Gasteiger partial charge in [0, 0.05) is 37.6 Å². The lowest BCUT2D eigenvalue weighted by molar-refractivity contribution is 0.0342. The Morgan fingerprint density at radius 1 is 1.20 bits per heavy atom. The molecule has 2 aromatic heterocycles. The minimum absolute atomic E-state index is 0.110. The summed E-state index contributed by atoms with van der Waals surface area (Å²) < 4.78 is 7.59. The maximum absolute atomic E-state index is 12.3. The van der Waals surface area contributed by atoms with Crippen molar-refractivity contribution in [3.63, 3.8) is 0 Å². The van der Waals surface area contributed by atoms with Crippen LogP contribution in [0.25, 0.3) is 5.69 Å². The molecular weight excluding hydrogens is 488 g/mol. The Balaban J connectivity index is 1.53. The molecule has 1 saturated heterocycles. The number of hydrogen-bond donors (Lipinski definition) is 2. The molecule has 4 rings (SSSR count). The van der Waals surface area contributed by atoms with Crippen LogP contribution in [0.4, 0.5) is 5.69 Å². The first-order valence-electron chi connectivity index (χ1n) is 11.0. The third kappa shape index (κ3) is 6.64. The number of halogens is 1. The molecule has 0 aliphatic carbocycles. The van der Waals surface area contributed by atoms with E-state index in [0.29, 0.717) is 34.7 Å². The number of nitrogens with two attached hydrogens (primary N) is 1. The Kier molecular flexibility index (Phi) is 8.43. The van der Waals surface area contributed by atoms with Crippen molar-refractivity contribution >= 4 is 46.5 Å². The van der Waals surface area contributed by atoms with Gasteiger partial charge in [-0.3, -0.25) is 24.0 Å². The number of pyridine rings is 1. The Morgan fingerprint density at radius 3 is 2.74 bits per heavy atom. The number of aromatic nitrogens is 1. The molecule has 1 fully saturated rings. The Morgan fingerprint density at radius 2 is 2.03 bits per heavy atom. The average Bonchev–Trinajstić information content (AvgIpc) is 3.32. The largest absolute Gasteiger partial charge is 0.379 e. The van der Waals surface area contributed by atoms with Gasteiger partial charge in [-0.05, 0) is 42.0 Å². The predicted molar refractivity (Wildman–Crippen MR) is 140 cm³/mol. The molecule has 3 aromatic rings.